The maximum Gasteiger partial charge on any atom is 0.0245 e. The van der Waals surface area contributed by atoms with Gasteiger partial charge in [0.25, 0.3) is 0 Å². The van der Waals surface area contributed by atoms with E-state index in [1.165, 1.54) is 37.7 Å². The maximum absolute atomic E-state index is 3.22. The molecule has 0 bridgehead atoms. The molecule has 0 aliphatic rings. The third-order valence-electron chi connectivity index (χ3n) is 2.66. The fourth-order valence-corrected chi connectivity index (χ4v) is 1.57. The zero-order chi connectivity index (χ0) is 11.6. The topological polar surface area (TPSA) is 0 Å². The summed E-state index contributed by atoms with van der Waals surface area (Å²) in [5, 5.41) is 0. The van der Waals surface area contributed by atoms with E-state index < -0.39 is 0 Å². The van der Waals surface area contributed by atoms with Crippen LogP contribution in [-0.2, 0) is 6.42 Å². The second-order valence-electron chi connectivity index (χ2n) is 4.21. The number of hydrogen-bond acceptors (Lipinski definition) is 0. The van der Waals surface area contributed by atoms with Gasteiger partial charge in [0.05, 0.1) is 0 Å². The third kappa shape index (κ3) is 5.03. The van der Waals surface area contributed by atoms with Crippen molar-refractivity contribution >= 4 is 0 Å². The summed E-state index contributed by atoms with van der Waals surface area (Å²) >= 11 is 0. The highest BCUT2D eigenvalue weighted by molar-refractivity contribution is 5.36. The zero-order valence-corrected chi connectivity index (χ0v) is 10.6. The molecule has 0 heterocycles. The fraction of sp³-hybridized carbons (Fsp3) is 0.500. The predicted octanol–water partition coefficient (Wildman–Crippen LogP) is 4.57. The molecule has 1 aromatic rings. The molecule has 16 heavy (non-hydrogen) atoms. The van der Waals surface area contributed by atoms with Crippen LogP contribution >= 0.6 is 0 Å². The Morgan fingerprint density at radius 1 is 0.938 bits per heavy atom. The second-order valence-corrected chi connectivity index (χ2v) is 4.21. The lowest BCUT2D eigenvalue weighted by Crippen LogP contribution is -1.84. The highest BCUT2D eigenvalue weighted by Crippen LogP contribution is 2.07. The lowest BCUT2D eigenvalue weighted by atomic mass is 10.1. The lowest BCUT2D eigenvalue weighted by Gasteiger charge is -1.99. The third-order valence-corrected chi connectivity index (χ3v) is 2.66. The first-order valence-electron chi connectivity index (χ1n) is 6.44. The molecule has 0 amide bonds. The van der Waals surface area contributed by atoms with Gasteiger partial charge < -0.3 is 0 Å². The summed E-state index contributed by atoms with van der Waals surface area (Å²) in [6, 6.07) is 8.70. The molecule has 0 saturated heterocycles. The molecule has 0 nitrogen and oxygen atoms in total. The summed E-state index contributed by atoms with van der Waals surface area (Å²) in [5.41, 5.74) is 2.58. The van der Waals surface area contributed by atoms with Crippen LogP contribution < -0.4 is 0 Å². The molecule has 0 heteroatoms. The molecule has 0 aromatic heterocycles. The molecule has 0 atom stereocenters. The van der Waals surface area contributed by atoms with Crippen molar-refractivity contribution in [1.82, 2.24) is 0 Å². The van der Waals surface area contributed by atoms with Gasteiger partial charge in [-0.05, 0) is 37.0 Å². The summed E-state index contributed by atoms with van der Waals surface area (Å²) in [7, 11) is 0. The molecule has 0 unspecified atom stereocenters. The minimum Gasteiger partial charge on any atom is -0.0979 e. The first kappa shape index (κ1) is 12.8. The first-order chi connectivity index (χ1) is 7.86. The molecule has 0 N–H and O–H groups in total. The van der Waals surface area contributed by atoms with E-state index in [0.29, 0.717) is 0 Å². The second kappa shape index (κ2) is 7.99. The molecule has 1 rings (SSSR count). The van der Waals surface area contributed by atoms with Gasteiger partial charge in [0, 0.05) is 12.0 Å². The Morgan fingerprint density at radius 3 is 2.25 bits per heavy atom. The van der Waals surface area contributed by atoms with Crippen molar-refractivity contribution in [3.8, 4) is 11.8 Å². The van der Waals surface area contributed by atoms with Gasteiger partial charge >= 0.3 is 0 Å². The molecule has 0 radical (unpaired) electrons. The molecule has 0 saturated carbocycles. The zero-order valence-electron chi connectivity index (χ0n) is 10.6. The minimum atomic E-state index is 1.02. The predicted molar refractivity (Wildman–Crippen MR) is 71.5 cm³/mol. The Kier molecular flexibility index (Phi) is 6.42. The fourth-order valence-electron chi connectivity index (χ4n) is 1.57. The summed E-state index contributed by atoms with van der Waals surface area (Å²) in [6.07, 6.45) is 7.19. The highest BCUT2D eigenvalue weighted by atomic mass is 14.0. The number of hydrogen-bond donors (Lipinski definition) is 0. The average molecular weight is 214 g/mol. The van der Waals surface area contributed by atoms with Crippen molar-refractivity contribution in [2.45, 2.75) is 52.4 Å². The molecule has 0 fully saturated rings. The smallest absolute Gasteiger partial charge is 0.0245 e. The van der Waals surface area contributed by atoms with E-state index >= 15 is 0 Å². The van der Waals surface area contributed by atoms with E-state index in [2.05, 4.69) is 50.0 Å². The standard InChI is InChI=1S/C16H22/c1-3-5-7-8-10-16-13-11-15(12-14-16)9-6-4-2/h11-14H,3-7,9H2,1-2H3. The molecule has 0 aliphatic heterocycles. The maximum atomic E-state index is 3.22. The lowest BCUT2D eigenvalue weighted by molar-refractivity contribution is 0.795. The van der Waals surface area contributed by atoms with Crippen LogP contribution in [0.25, 0.3) is 0 Å². The SMILES string of the molecule is CCCCC#Cc1ccc(CCCC)cc1. The van der Waals surface area contributed by atoms with Gasteiger partial charge in [0.15, 0.2) is 0 Å². The van der Waals surface area contributed by atoms with Crippen molar-refractivity contribution in [3.05, 3.63) is 35.4 Å². The van der Waals surface area contributed by atoms with Crippen molar-refractivity contribution in [2.75, 3.05) is 0 Å². The molecule has 1 aromatic carbocycles. The van der Waals surface area contributed by atoms with Crippen LogP contribution in [0.1, 0.15) is 57.1 Å². The van der Waals surface area contributed by atoms with Gasteiger partial charge in [-0.2, -0.15) is 0 Å². The number of rotatable bonds is 5. The van der Waals surface area contributed by atoms with Crippen LogP contribution in [0.2, 0.25) is 0 Å². The van der Waals surface area contributed by atoms with Crippen LogP contribution in [0.4, 0.5) is 0 Å². The Bertz CT molecular complexity index is 335. The average Bonchev–Trinajstić information content (AvgIpc) is 2.33. The van der Waals surface area contributed by atoms with Gasteiger partial charge in [-0.25, -0.2) is 0 Å². The summed E-state index contributed by atoms with van der Waals surface area (Å²) in [6.45, 7) is 4.43. The largest absolute Gasteiger partial charge is 0.0979 e. The minimum absolute atomic E-state index is 1.02. The summed E-state index contributed by atoms with van der Waals surface area (Å²) in [4.78, 5) is 0. The molecular formula is C16H22. The molecule has 0 aliphatic carbocycles. The van der Waals surface area contributed by atoms with E-state index in [-0.39, 0.29) is 0 Å². The summed E-state index contributed by atoms with van der Waals surface area (Å²) in [5.74, 6) is 6.43. The molecular weight excluding hydrogens is 192 g/mol. The van der Waals surface area contributed by atoms with E-state index in [9.17, 15) is 0 Å². The van der Waals surface area contributed by atoms with Crippen molar-refractivity contribution < 1.29 is 0 Å². The van der Waals surface area contributed by atoms with Crippen molar-refractivity contribution in [2.24, 2.45) is 0 Å². The van der Waals surface area contributed by atoms with Crippen LogP contribution in [0.5, 0.6) is 0 Å². The van der Waals surface area contributed by atoms with Gasteiger partial charge in [0.1, 0.15) is 0 Å². The van der Waals surface area contributed by atoms with Crippen molar-refractivity contribution in [1.29, 1.82) is 0 Å². The van der Waals surface area contributed by atoms with Crippen LogP contribution in [-0.4, -0.2) is 0 Å². The number of aryl methyl sites for hydroxylation is 1. The van der Waals surface area contributed by atoms with Crippen molar-refractivity contribution in [3.63, 3.8) is 0 Å². The van der Waals surface area contributed by atoms with Gasteiger partial charge in [0.2, 0.25) is 0 Å². The molecule has 86 valence electrons. The summed E-state index contributed by atoms with van der Waals surface area (Å²) < 4.78 is 0. The Labute approximate surface area is 100 Å². The van der Waals surface area contributed by atoms with E-state index in [0.717, 1.165) is 12.0 Å². The van der Waals surface area contributed by atoms with E-state index in [4.69, 9.17) is 0 Å². The van der Waals surface area contributed by atoms with Crippen LogP contribution in [0.15, 0.2) is 24.3 Å². The van der Waals surface area contributed by atoms with Crippen LogP contribution in [0, 0.1) is 11.8 Å². The van der Waals surface area contributed by atoms with Crippen LogP contribution in [0.3, 0.4) is 0 Å². The first-order valence-corrected chi connectivity index (χ1v) is 6.44. The van der Waals surface area contributed by atoms with Gasteiger partial charge in [-0.3, -0.25) is 0 Å². The highest BCUT2D eigenvalue weighted by Gasteiger charge is 1.92. The number of benzene rings is 1. The Balaban J connectivity index is 2.46. The quantitative estimate of drug-likeness (QED) is 0.497. The van der Waals surface area contributed by atoms with E-state index in [1.807, 2.05) is 0 Å². The Hall–Kier alpha value is -1.22. The number of unbranched alkanes of at least 4 members (excludes halogenated alkanes) is 3. The van der Waals surface area contributed by atoms with E-state index in [1.54, 1.807) is 0 Å². The van der Waals surface area contributed by atoms with Gasteiger partial charge in [-0.15, -0.1) is 0 Å². The monoisotopic (exact) mass is 214 g/mol. The van der Waals surface area contributed by atoms with Gasteiger partial charge in [-0.1, -0.05) is 50.7 Å². The normalized spacial score (nSPS) is 9.62. The Morgan fingerprint density at radius 2 is 1.62 bits per heavy atom. The molecule has 0 spiro atoms.